The highest BCUT2D eigenvalue weighted by molar-refractivity contribution is 5.78. The number of rotatable bonds is 2. The van der Waals surface area contributed by atoms with E-state index in [0.29, 0.717) is 6.42 Å². The van der Waals surface area contributed by atoms with Crippen LogP contribution in [-0.2, 0) is 4.79 Å². The molecule has 76 valence electrons. The van der Waals surface area contributed by atoms with Gasteiger partial charge in [0.15, 0.2) is 0 Å². The first-order valence-corrected chi connectivity index (χ1v) is 4.91. The minimum Gasteiger partial charge on any atom is -0.351 e. The van der Waals surface area contributed by atoms with Crippen LogP contribution in [0.4, 0.5) is 0 Å². The van der Waals surface area contributed by atoms with Crippen molar-refractivity contribution in [2.45, 2.75) is 57.5 Å². The largest absolute Gasteiger partial charge is 0.351 e. The van der Waals surface area contributed by atoms with Crippen molar-refractivity contribution in [3.05, 3.63) is 0 Å². The van der Waals surface area contributed by atoms with Crippen LogP contribution in [0.25, 0.3) is 0 Å². The second kappa shape index (κ2) is 3.29. The summed E-state index contributed by atoms with van der Waals surface area (Å²) in [5.74, 6) is 0.0784. The van der Waals surface area contributed by atoms with Gasteiger partial charge in [-0.2, -0.15) is 0 Å². The summed E-state index contributed by atoms with van der Waals surface area (Å²) in [6.07, 6.45) is 3.62. The minimum absolute atomic E-state index is 0.0784. The normalized spacial score (nSPS) is 20.6. The Morgan fingerprint density at radius 3 is 2.31 bits per heavy atom. The predicted octanol–water partition coefficient (Wildman–Crippen LogP) is 1.17. The second-order valence-electron chi connectivity index (χ2n) is 5.19. The summed E-state index contributed by atoms with van der Waals surface area (Å²) in [5, 5.41) is 2.92. The molecule has 0 atom stereocenters. The van der Waals surface area contributed by atoms with Gasteiger partial charge >= 0.3 is 0 Å². The molecule has 0 unspecified atom stereocenters. The maximum absolute atomic E-state index is 11.5. The van der Waals surface area contributed by atoms with E-state index >= 15 is 0 Å². The van der Waals surface area contributed by atoms with Gasteiger partial charge < -0.3 is 11.1 Å². The van der Waals surface area contributed by atoms with E-state index in [9.17, 15) is 4.79 Å². The topological polar surface area (TPSA) is 55.1 Å². The van der Waals surface area contributed by atoms with Gasteiger partial charge in [0, 0.05) is 17.5 Å². The zero-order chi connectivity index (χ0) is 10.1. The van der Waals surface area contributed by atoms with Crippen molar-refractivity contribution in [1.29, 1.82) is 0 Å². The van der Waals surface area contributed by atoms with Gasteiger partial charge in [0.25, 0.3) is 0 Å². The Morgan fingerprint density at radius 1 is 1.46 bits per heavy atom. The summed E-state index contributed by atoms with van der Waals surface area (Å²) in [4.78, 5) is 11.5. The zero-order valence-electron chi connectivity index (χ0n) is 8.81. The maximum atomic E-state index is 11.5. The average Bonchev–Trinajstić information content (AvgIpc) is 1.79. The Morgan fingerprint density at radius 2 is 2.00 bits per heavy atom. The molecule has 3 heteroatoms. The average molecular weight is 184 g/mol. The fraction of sp³-hybridized carbons (Fsp3) is 0.900. The minimum atomic E-state index is -0.199. The van der Waals surface area contributed by atoms with Gasteiger partial charge in [0.1, 0.15) is 0 Å². The molecule has 13 heavy (non-hydrogen) atoms. The van der Waals surface area contributed by atoms with Gasteiger partial charge in [-0.05, 0) is 40.0 Å². The van der Waals surface area contributed by atoms with E-state index in [4.69, 9.17) is 5.73 Å². The first kappa shape index (κ1) is 10.5. The van der Waals surface area contributed by atoms with Crippen molar-refractivity contribution in [3.63, 3.8) is 0 Å². The molecular formula is C10H20N2O. The second-order valence-corrected chi connectivity index (χ2v) is 5.19. The molecule has 0 bridgehead atoms. The van der Waals surface area contributed by atoms with E-state index in [2.05, 4.69) is 5.32 Å². The van der Waals surface area contributed by atoms with Crippen LogP contribution in [0, 0.1) is 0 Å². The van der Waals surface area contributed by atoms with Gasteiger partial charge in [0.2, 0.25) is 5.91 Å². The van der Waals surface area contributed by atoms with Crippen molar-refractivity contribution in [2.75, 3.05) is 0 Å². The highest BCUT2D eigenvalue weighted by atomic mass is 16.1. The molecule has 0 aromatic heterocycles. The van der Waals surface area contributed by atoms with Crippen molar-refractivity contribution in [3.8, 4) is 0 Å². The number of carbonyl (C=O) groups is 1. The Labute approximate surface area is 80.1 Å². The number of nitrogens with two attached hydrogens (primary N) is 1. The van der Waals surface area contributed by atoms with Crippen LogP contribution in [0.15, 0.2) is 0 Å². The molecule has 3 N–H and O–H groups in total. The molecule has 0 saturated heterocycles. The van der Waals surface area contributed by atoms with Gasteiger partial charge in [-0.25, -0.2) is 0 Å². The third kappa shape index (κ3) is 3.35. The van der Waals surface area contributed by atoms with E-state index in [-0.39, 0.29) is 17.0 Å². The molecule has 0 spiro atoms. The lowest BCUT2D eigenvalue weighted by molar-refractivity contribution is -0.124. The van der Waals surface area contributed by atoms with Crippen LogP contribution in [-0.4, -0.2) is 17.0 Å². The Bertz CT molecular complexity index is 201. The lowest BCUT2D eigenvalue weighted by Crippen LogP contribution is -2.52. The molecule has 1 rings (SSSR count). The molecular weight excluding hydrogens is 164 g/mol. The predicted molar refractivity (Wildman–Crippen MR) is 53.3 cm³/mol. The van der Waals surface area contributed by atoms with Crippen molar-refractivity contribution < 1.29 is 4.79 Å². The molecule has 0 radical (unpaired) electrons. The fourth-order valence-corrected chi connectivity index (χ4v) is 1.59. The first-order valence-electron chi connectivity index (χ1n) is 4.91. The van der Waals surface area contributed by atoms with Crippen LogP contribution in [0.5, 0.6) is 0 Å². The lowest BCUT2D eigenvalue weighted by atomic mass is 9.75. The van der Waals surface area contributed by atoms with Gasteiger partial charge in [-0.3, -0.25) is 4.79 Å². The highest BCUT2D eigenvalue weighted by Gasteiger charge is 2.35. The van der Waals surface area contributed by atoms with Crippen molar-refractivity contribution in [2.24, 2.45) is 5.73 Å². The molecule has 0 aliphatic heterocycles. The molecule has 1 saturated carbocycles. The van der Waals surface area contributed by atoms with Gasteiger partial charge in [-0.1, -0.05) is 0 Å². The van der Waals surface area contributed by atoms with Crippen LogP contribution in [0.2, 0.25) is 0 Å². The Balaban J connectivity index is 2.33. The lowest BCUT2D eigenvalue weighted by Gasteiger charge is -2.38. The van der Waals surface area contributed by atoms with E-state index in [1.165, 1.54) is 6.42 Å². The first-order chi connectivity index (χ1) is 5.81. The Kier molecular flexibility index (Phi) is 2.66. The molecule has 1 aliphatic carbocycles. The summed E-state index contributed by atoms with van der Waals surface area (Å²) >= 11 is 0. The van der Waals surface area contributed by atoms with Gasteiger partial charge in [0.05, 0.1) is 0 Å². The van der Waals surface area contributed by atoms with E-state index in [0.717, 1.165) is 12.8 Å². The molecule has 1 fully saturated rings. The zero-order valence-corrected chi connectivity index (χ0v) is 8.81. The number of hydrogen-bond donors (Lipinski definition) is 2. The number of amides is 1. The van der Waals surface area contributed by atoms with Crippen LogP contribution < -0.4 is 11.1 Å². The number of carbonyl (C=O) groups excluding carboxylic acids is 1. The third-order valence-electron chi connectivity index (χ3n) is 2.38. The third-order valence-corrected chi connectivity index (χ3v) is 2.38. The molecule has 1 amide bonds. The summed E-state index contributed by atoms with van der Waals surface area (Å²) in [6.45, 7) is 5.94. The van der Waals surface area contributed by atoms with E-state index < -0.39 is 0 Å². The number of hydrogen-bond acceptors (Lipinski definition) is 2. The molecule has 0 heterocycles. The van der Waals surface area contributed by atoms with E-state index in [1.54, 1.807) is 0 Å². The fourth-order valence-electron chi connectivity index (χ4n) is 1.59. The van der Waals surface area contributed by atoms with Crippen molar-refractivity contribution >= 4 is 5.91 Å². The molecule has 1 aliphatic rings. The molecule has 0 aromatic rings. The standard InChI is InChI=1S/C10H20N2O/c1-9(2,3)12-8(13)7-10(11)5-4-6-10/h4-7,11H2,1-3H3,(H,12,13). The number of nitrogens with one attached hydrogen (secondary N) is 1. The molecule has 0 aromatic carbocycles. The summed E-state index contributed by atoms with van der Waals surface area (Å²) in [7, 11) is 0. The maximum Gasteiger partial charge on any atom is 0.222 e. The van der Waals surface area contributed by atoms with Crippen LogP contribution in [0.1, 0.15) is 46.5 Å². The monoisotopic (exact) mass is 184 g/mol. The van der Waals surface area contributed by atoms with Crippen LogP contribution in [0.3, 0.4) is 0 Å². The summed E-state index contributed by atoms with van der Waals surface area (Å²) in [5.41, 5.74) is 5.62. The summed E-state index contributed by atoms with van der Waals surface area (Å²) in [6, 6.07) is 0. The van der Waals surface area contributed by atoms with Gasteiger partial charge in [-0.15, -0.1) is 0 Å². The van der Waals surface area contributed by atoms with Crippen molar-refractivity contribution in [1.82, 2.24) is 5.32 Å². The smallest absolute Gasteiger partial charge is 0.222 e. The summed E-state index contributed by atoms with van der Waals surface area (Å²) < 4.78 is 0. The SMILES string of the molecule is CC(C)(C)NC(=O)CC1(N)CCC1. The van der Waals surface area contributed by atoms with Crippen LogP contribution >= 0.6 is 0 Å². The highest BCUT2D eigenvalue weighted by Crippen LogP contribution is 2.32. The molecule has 3 nitrogen and oxygen atoms in total. The quantitative estimate of drug-likeness (QED) is 0.677. The van der Waals surface area contributed by atoms with E-state index in [1.807, 2.05) is 20.8 Å². The Hall–Kier alpha value is -0.570.